The van der Waals surface area contributed by atoms with Crippen LogP contribution >= 0.6 is 0 Å². The van der Waals surface area contributed by atoms with Gasteiger partial charge in [-0.3, -0.25) is 9.67 Å². The number of nitrogens with one attached hydrogen (secondary N) is 1. The summed E-state index contributed by atoms with van der Waals surface area (Å²) in [5.41, 5.74) is 9.62. The van der Waals surface area contributed by atoms with E-state index >= 15 is 0 Å². The summed E-state index contributed by atoms with van der Waals surface area (Å²) in [4.78, 5) is 16.9. The number of halogens is 1. The molecule has 0 atom stereocenters. The monoisotopic (exact) mass is 378 g/mol. The summed E-state index contributed by atoms with van der Waals surface area (Å²) < 4.78 is 15.5. The molecule has 9 heteroatoms. The number of aromatic nitrogens is 6. The van der Waals surface area contributed by atoms with Gasteiger partial charge in [-0.15, -0.1) is 0 Å². The number of hydrogen-bond donors (Lipinski definition) is 2. The molecule has 3 N–H and O–H groups in total. The van der Waals surface area contributed by atoms with Crippen molar-refractivity contribution in [3.05, 3.63) is 65.3 Å². The lowest BCUT2D eigenvalue weighted by molar-refractivity contribution is 0.572. The number of aryl methyl sites for hydroxylation is 2. The van der Waals surface area contributed by atoms with Crippen LogP contribution in [0.3, 0.4) is 0 Å². The Kier molecular flexibility index (Phi) is 4.56. The van der Waals surface area contributed by atoms with Crippen LogP contribution in [0.2, 0.25) is 0 Å². The van der Waals surface area contributed by atoms with Crippen LogP contribution in [-0.4, -0.2) is 29.7 Å². The van der Waals surface area contributed by atoms with Crippen LogP contribution in [0.1, 0.15) is 22.5 Å². The van der Waals surface area contributed by atoms with Gasteiger partial charge in [0.25, 0.3) is 0 Å². The molecule has 0 radical (unpaired) electrons. The summed E-state index contributed by atoms with van der Waals surface area (Å²) in [7, 11) is 0. The van der Waals surface area contributed by atoms with Crippen LogP contribution in [0.15, 0.2) is 36.9 Å². The highest BCUT2D eigenvalue weighted by molar-refractivity contribution is 5.85. The van der Waals surface area contributed by atoms with Crippen LogP contribution in [0, 0.1) is 19.7 Å². The fraction of sp³-hybridized carbons (Fsp3) is 0.211. The number of nitrogens with zero attached hydrogens (tertiary/aromatic N) is 6. The first-order chi connectivity index (χ1) is 13.5. The van der Waals surface area contributed by atoms with Crippen molar-refractivity contribution in [1.82, 2.24) is 29.7 Å². The Morgan fingerprint density at radius 3 is 2.86 bits per heavy atom. The van der Waals surface area contributed by atoms with Crippen molar-refractivity contribution in [2.75, 3.05) is 11.1 Å². The van der Waals surface area contributed by atoms with E-state index in [1.54, 1.807) is 23.1 Å². The summed E-state index contributed by atoms with van der Waals surface area (Å²) in [6.07, 6.45) is 4.79. The molecular formula is C19H19FN8. The SMILES string of the molecule is Cc1cc(N)nc(C)c1CNc1ncnc2nn(Cc3ncccc3F)cc12. The van der Waals surface area contributed by atoms with E-state index < -0.39 is 0 Å². The third kappa shape index (κ3) is 3.46. The van der Waals surface area contributed by atoms with Gasteiger partial charge in [0.2, 0.25) is 0 Å². The van der Waals surface area contributed by atoms with E-state index in [-0.39, 0.29) is 12.4 Å². The predicted octanol–water partition coefficient (Wildman–Crippen LogP) is 2.61. The summed E-state index contributed by atoms with van der Waals surface area (Å²) in [6, 6.07) is 4.78. The average molecular weight is 378 g/mol. The second-order valence-corrected chi connectivity index (χ2v) is 6.50. The number of nitrogens with two attached hydrogens (primary N) is 1. The minimum Gasteiger partial charge on any atom is -0.384 e. The normalized spacial score (nSPS) is 11.1. The van der Waals surface area contributed by atoms with E-state index in [0.29, 0.717) is 29.5 Å². The number of rotatable bonds is 5. The summed E-state index contributed by atoms with van der Waals surface area (Å²) in [5, 5.41) is 8.47. The Balaban J connectivity index is 1.60. The standard InChI is InChI=1S/C19H19FN8/c1-11-6-17(21)26-12(2)13(11)7-23-18-14-8-28(27-19(14)25-10-24-18)9-16-15(20)4-3-5-22-16/h3-6,8,10H,7,9H2,1-2H3,(H2,21,26)(H,23,24,25,27). The molecule has 4 aromatic heterocycles. The Morgan fingerprint density at radius 2 is 2.07 bits per heavy atom. The quantitative estimate of drug-likeness (QED) is 0.549. The fourth-order valence-corrected chi connectivity index (χ4v) is 3.12. The zero-order chi connectivity index (χ0) is 19.7. The van der Waals surface area contributed by atoms with E-state index in [4.69, 9.17) is 5.73 Å². The maximum atomic E-state index is 13.9. The van der Waals surface area contributed by atoms with Crippen molar-refractivity contribution in [2.45, 2.75) is 26.9 Å². The molecule has 28 heavy (non-hydrogen) atoms. The molecule has 0 amide bonds. The molecule has 0 unspecified atom stereocenters. The molecule has 8 nitrogen and oxygen atoms in total. The Labute approximate surface area is 160 Å². The zero-order valence-electron chi connectivity index (χ0n) is 15.5. The zero-order valence-corrected chi connectivity index (χ0v) is 15.5. The lowest BCUT2D eigenvalue weighted by Gasteiger charge is -2.12. The first kappa shape index (κ1) is 17.8. The molecule has 0 aliphatic rings. The number of nitrogen functional groups attached to an aromatic ring is 1. The van der Waals surface area contributed by atoms with Crippen molar-refractivity contribution in [1.29, 1.82) is 0 Å². The van der Waals surface area contributed by atoms with Crippen molar-refractivity contribution in [3.8, 4) is 0 Å². The molecule has 0 fully saturated rings. The van der Waals surface area contributed by atoms with Gasteiger partial charge in [-0.2, -0.15) is 5.10 Å². The first-order valence-corrected chi connectivity index (χ1v) is 8.75. The van der Waals surface area contributed by atoms with Gasteiger partial charge in [0.1, 0.15) is 23.8 Å². The molecule has 0 aromatic carbocycles. The van der Waals surface area contributed by atoms with Gasteiger partial charge in [0.05, 0.1) is 17.6 Å². The minimum absolute atomic E-state index is 0.211. The Bertz CT molecular complexity index is 1130. The predicted molar refractivity (Wildman–Crippen MR) is 104 cm³/mol. The van der Waals surface area contributed by atoms with Gasteiger partial charge >= 0.3 is 0 Å². The lowest BCUT2D eigenvalue weighted by Crippen LogP contribution is -2.08. The second kappa shape index (κ2) is 7.18. The fourth-order valence-electron chi connectivity index (χ4n) is 3.12. The second-order valence-electron chi connectivity index (χ2n) is 6.50. The largest absolute Gasteiger partial charge is 0.384 e. The van der Waals surface area contributed by atoms with Gasteiger partial charge in [-0.1, -0.05) is 0 Å². The van der Waals surface area contributed by atoms with Crippen molar-refractivity contribution < 1.29 is 4.39 Å². The van der Waals surface area contributed by atoms with Gasteiger partial charge in [0, 0.05) is 24.6 Å². The molecule has 0 saturated carbocycles. The van der Waals surface area contributed by atoms with Crippen LogP contribution in [0.25, 0.3) is 11.0 Å². The molecule has 4 aromatic rings. The highest BCUT2D eigenvalue weighted by Gasteiger charge is 2.12. The van der Waals surface area contributed by atoms with E-state index in [9.17, 15) is 4.39 Å². The topological polar surface area (TPSA) is 107 Å². The summed E-state index contributed by atoms with van der Waals surface area (Å²) in [5.74, 6) is 0.785. The van der Waals surface area contributed by atoms with Crippen molar-refractivity contribution in [2.24, 2.45) is 0 Å². The molecule has 0 spiro atoms. The van der Waals surface area contributed by atoms with Gasteiger partial charge in [-0.05, 0) is 43.2 Å². The smallest absolute Gasteiger partial charge is 0.186 e. The van der Waals surface area contributed by atoms with Crippen molar-refractivity contribution >= 4 is 22.7 Å². The molecule has 0 aliphatic carbocycles. The van der Waals surface area contributed by atoms with Gasteiger partial charge in [-0.25, -0.2) is 19.3 Å². The molecule has 0 saturated heterocycles. The lowest BCUT2D eigenvalue weighted by atomic mass is 10.1. The summed E-state index contributed by atoms with van der Waals surface area (Å²) in [6.45, 7) is 4.67. The highest BCUT2D eigenvalue weighted by Crippen LogP contribution is 2.21. The maximum Gasteiger partial charge on any atom is 0.186 e. The first-order valence-electron chi connectivity index (χ1n) is 8.75. The molecule has 0 aliphatic heterocycles. The summed E-state index contributed by atoms with van der Waals surface area (Å²) >= 11 is 0. The molecule has 4 rings (SSSR count). The number of anilines is 2. The van der Waals surface area contributed by atoms with E-state index in [2.05, 4.69) is 30.4 Å². The van der Waals surface area contributed by atoms with Crippen LogP contribution in [0.5, 0.6) is 0 Å². The van der Waals surface area contributed by atoms with Gasteiger partial charge in [0.15, 0.2) is 5.65 Å². The maximum absolute atomic E-state index is 13.9. The van der Waals surface area contributed by atoms with Crippen molar-refractivity contribution in [3.63, 3.8) is 0 Å². The molecular weight excluding hydrogens is 359 g/mol. The Hall–Kier alpha value is -3.62. The molecule has 4 heterocycles. The van der Waals surface area contributed by atoms with E-state index in [1.807, 2.05) is 19.9 Å². The van der Waals surface area contributed by atoms with Crippen LogP contribution in [-0.2, 0) is 13.1 Å². The van der Waals surface area contributed by atoms with E-state index in [0.717, 1.165) is 22.2 Å². The third-order valence-corrected chi connectivity index (χ3v) is 4.52. The van der Waals surface area contributed by atoms with Gasteiger partial charge < -0.3 is 11.1 Å². The van der Waals surface area contributed by atoms with E-state index in [1.165, 1.54) is 12.4 Å². The average Bonchev–Trinajstić information content (AvgIpc) is 3.06. The third-order valence-electron chi connectivity index (χ3n) is 4.52. The number of hydrogen-bond acceptors (Lipinski definition) is 7. The Morgan fingerprint density at radius 1 is 1.21 bits per heavy atom. The highest BCUT2D eigenvalue weighted by atomic mass is 19.1. The molecule has 142 valence electrons. The minimum atomic E-state index is -0.367. The number of pyridine rings is 2. The van der Waals surface area contributed by atoms with Crippen LogP contribution in [0.4, 0.5) is 16.0 Å². The molecule has 0 bridgehead atoms. The van der Waals surface area contributed by atoms with Crippen LogP contribution < -0.4 is 11.1 Å². The number of fused-ring (bicyclic) bond motifs is 1.